The third-order valence-electron chi connectivity index (χ3n) is 3.89. The van der Waals surface area contributed by atoms with E-state index in [0.29, 0.717) is 11.1 Å². The lowest BCUT2D eigenvalue weighted by Crippen LogP contribution is -2.35. The number of aliphatic carboxylic acids is 2. The van der Waals surface area contributed by atoms with E-state index >= 15 is 0 Å². The number of benzene rings is 1. The molecule has 2 unspecified atom stereocenters. The summed E-state index contributed by atoms with van der Waals surface area (Å²) in [6.07, 6.45) is 0. The van der Waals surface area contributed by atoms with Crippen LogP contribution in [0, 0.1) is 17.2 Å². The zero-order chi connectivity index (χ0) is 17.4. The number of carbonyl (C=O) groups is 2. The van der Waals surface area contributed by atoms with Gasteiger partial charge < -0.3 is 10.2 Å². The van der Waals surface area contributed by atoms with E-state index in [0.717, 1.165) is 0 Å². The number of hydrogen-bond acceptors (Lipinski definition) is 7. The van der Waals surface area contributed by atoms with Crippen molar-refractivity contribution in [3.8, 4) is 6.07 Å². The highest BCUT2D eigenvalue weighted by molar-refractivity contribution is 6.07. The van der Waals surface area contributed by atoms with Gasteiger partial charge >= 0.3 is 11.9 Å². The Labute approximate surface area is 134 Å². The van der Waals surface area contributed by atoms with E-state index in [1.54, 1.807) is 24.3 Å². The van der Waals surface area contributed by atoms with Crippen molar-refractivity contribution in [2.45, 2.75) is 12.8 Å². The van der Waals surface area contributed by atoms with E-state index in [1.807, 2.05) is 0 Å². The number of carboxylic acids is 2. The lowest BCUT2D eigenvalue weighted by Gasteiger charge is -2.28. The van der Waals surface area contributed by atoms with Gasteiger partial charge in [-0.1, -0.05) is 12.1 Å². The smallest absolute Gasteiger partial charge is 0.335 e. The number of nitriles is 1. The third kappa shape index (κ3) is 2.21. The Hall–Kier alpha value is -3.54. The number of nitrogens with zero attached hydrogens (tertiary/aromatic N) is 4. The first-order valence-electron chi connectivity index (χ1n) is 6.82. The lowest BCUT2D eigenvalue weighted by molar-refractivity contribution is -0.140. The van der Waals surface area contributed by atoms with Crippen LogP contribution < -0.4 is 0 Å². The molecule has 120 valence electrons. The fraction of sp³-hybridized carbons (Fsp3) is 0.200. The Bertz CT molecular complexity index is 966. The van der Waals surface area contributed by atoms with Crippen molar-refractivity contribution < 1.29 is 24.4 Å². The zero-order valence-corrected chi connectivity index (χ0v) is 12.3. The van der Waals surface area contributed by atoms with Crippen molar-refractivity contribution in [3.63, 3.8) is 0 Å². The van der Waals surface area contributed by atoms with Crippen molar-refractivity contribution in [2.75, 3.05) is 0 Å². The summed E-state index contributed by atoms with van der Waals surface area (Å²) in [5.74, 6) is -5.03. The molecule has 1 aromatic carbocycles. The highest BCUT2D eigenvalue weighted by Crippen LogP contribution is 2.41. The van der Waals surface area contributed by atoms with Crippen LogP contribution in [0.15, 0.2) is 39.1 Å². The predicted molar refractivity (Wildman–Crippen MR) is 79.1 cm³/mol. The molecule has 0 saturated carbocycles. The largest absolute Gasteiger partial charge is 0.481 e. The molecule has 0 spiro atoms. The first-order chi connectivity index (χ1) is 11.5. The molecule has 24 heavy (non-hydrogen) atoms. The number of aliphatic imine (C=N–C) groups is 1. The summed E-state index contributed by atoms with van der Waals surface area (Å²) >= 11 is 0. The first-order valence-corrected chi connectivity index (χ1v) is 6.82. The summed E-state index contributed by atoms with van der Waals surface area (Å²) in [5.41, 5.74) is 0.351. The second-order valence-corrected chi connectivity index (χ2v) is 5.21. The van der Waals surface area contributed by atoms with Gasteiger partial charge in [-0.3, -0.25) is 4.79 Å². The van der Waals surface area contributed by atoms with E-state index in [1.165, 1.54) is 6.92 Å². The summed E-state index contributed by atoms with van der Waals surface area (Å²) in [4.78, 5) is 27.3. The Balaban J connectivity index is 2.35. The van der Waals surface area contributed by atoms with Crippen LogP contribution >= 0.6 is 0 Å². The minimum atomic E-state index is -1.41. The van der Waals surface area contributed by atoms with Gasteiger partial charge in [0.05, 0.1) is 5.57 Å². The van der Waals surface area contributed by atoms with Crippen LogP contribution in [0.4, 0.5) is 0 Å². The summed E-state index contributed by atoms with van der Waals surface area (Å²) in [6, 6.07) is 6.46. The molecule has 0 bridgehead atoms. The molecule has 1 aromatic heterocycles. The SMILES string of the molecule is CC1=NC(C#N)=C(C(=O)O)C(c2cccc3nonc23)C1C(=O)O. The number of fused-ring (bicyclic) bond motifs is 1. The Morgan fingerprint density at radius 3 is 2.67 bits per heavy atom. The van der Waals surface area contributed by atoms with E-state index < -0.39 is 23.8 Å². The second kappa shape index (κ2) is 5.58. The maximum atomic E-state index is 11.7. The Morgan fingerprint density at radius 1 is 1.29 bits per heavy atom. The van der Waals surface area contributed by atoms with Crippen LogP contribution in [0.25, 0.3) is 11.0 Å². The number of hydrogen-bond donors (Lipinski definition) is 2. The summed E-state index contributed by atoms with van der Waals surface area (Å²) < 4.78 is 4.66. The van der Waals surface area contributed by atoms with Gasteiger partial charge in [0.2, 0.25) is 0 Å². The highest BCUT2D eigenvalue weighted by atomic mass is 16.6. The average Bonchev–Trinajstić information content (AvgIpc) is 3.01. The third-order valence-corrected chi connectivity index (χ3v) is 3.89. The van der Waals surface area contributed by atoms with Gasteiger partial charge in [-0.15, -0.1) is 0 Å². The summed E-state index contributed by atoms with van der Waals surface area (Å²) in [7, 11) is 0. The number of aromatic nitrogens is 2. The fourth-order valence-electron chi connectivity index (χ4n) is 2.92. The standard InChI is InChI=1S/C15H10N4O5/c1-6-10(14(20)21)11(12(15(22)23)9(5-16)17-6)7-3-2-4-8-13(7)19-24-18-8/h2-4,10-11H,1H3,(H,20,21)(H,22,23). The zero-order valence-electron chi connectivity index (χ0n) is 12.3. The number of rotatable bonds is 3. The summed E-state index contributed by atoms with van der Waals surface area (Å²) in [6.45, 7) is 1.45. The van der Waals surface area contributed by atoms with Crippen LogP contribution in [-0.4, -0.2) is 38.2 Å². The highest BCUT2D eigenvalue weighted by Gasteiger charge is 2.43. The van der Waals surface area contributed by atoms with Crippen molar-refractivity contribution in [1.82, 2.24) is 10.3 Å². The van der Waals surface area contributed by atoms with Crippen LogP contribution in [0.3, 0.4) is 0 Å². The Kier molecular flexibility index (Phi) is 3.57. The van der Waals surface area contributed by atoms with Gasteiger partial charge in [-0.05, 0) is 28.9 Å². The predicted octanol–water partition coefficient (Wildman–Crippen LogP) is 1.34. The molecular weight excluding hydrogens is 316 g/mol. The van der Waals surface area contributed by atoms with Crippen molar-refractivity contribution in [3.05, 3.63) is 35.0 Å². The molecule has 9 nitrogen and oxygen atoms in total. The van der Waals surface area contributed by atoms with Gasteiger partial charge in [0.1, 0.15) is 23.0 Å². The molecule has 0 radical (unpaired) electrons. The van der Waals surface area contributed by atoms with Gasteiger partial charge in [-0.25, -0.2) is 14.4 Å². The van der Waals surface area contributed by atoms with Crippen molar-refractivity contribution in [1.29, 1.82) is 5.26 Å². The van der Waals surface area contributed by atoms with Crippen LogP contribution in [0.2, 0.25) is 0 Å². The average molecular weight is 326 g/mol. The molecule has 0 fully saturated rings. The van der Waals surface area contributed by atoms with Gasteiger partial charge in [0.15, 0.2) is 5.70 Å². The normalized spacial score (nSPS) is 20.6. The minimum Gasteiger partial charge on any atom is -0.481 e. The Morgan fingerprint density at radius 2 is 2.04 bits per heavy atom. The molecule has 1 aliphatic rings. The molecule has 3 rings (SSSR count). The van der Waals surface area contributed by atoms with Gasteiger partial charge in [0, 0.05) is 11.6 Å². The molecule has 1 aliphatic heterocycles. The first kappa shape index (κ1) is 15.4. The monoisotopic (exact) mass is 326 g/mol. The van der Waals surface area contributed by atoms with E-state index in [-0.39, 0.29) is 22.5 Å². The maximum absolute atomic E-state index is 11.7. The number of carboxylic acid groups (broad SMARTS) is 2. The van der Waals surface area contributed by atoms with Gasteiger partial charge in [-0.2, -0.15) is 5.26 Å². The summed E-state index contributed by atoms with van der Waals surface area (Å²) in [5, 5.41) is 35.8. The van der Waals surface area contributed by atoms with Crippen LogP contribution in [-0.2, 0) is 9.59 Å². The molecule has 0 amide bonds. The topological polar surface area (TPSA) is 150 Å². The van der Waals surface area contributed by atoms with E-state index in [2.05, 4.69) is 19.9 Å². The maximum Gasteiger partial charge on any atom is 0.335 e. The van der Waals surface area contributed by atoms with Crippen LogP contribution in [0.1, 0.15) is 18.4 Å². The molecule has 2 N–H and O–H groups in total. The number of allylic oxidation sites excluding steroid dienone is 1. The van der Waals surface area contributed by atoms with E-state index in [9.17, 15) is 25.1 Å². The molecule has 9 heteroatoms. The quantitative estimate of drug-likeness (QED) is 0.857. The van der Waals surface area contributed by atoms with E-state index in [4.69, 9.17) is 0 Å². The van der Waals surface area contributed by atoms with Crippen molar-refractivity contribution >= 4 is 28.7 Å². The molecular formula is C15H10N4O5. The fourth-order valence-corrected chi connectivity index (χ4v) is 2.92. The molecule has 0 saturated heterocycles. The molecule has 2 atom stereocenters. The molecule has 2 aromatic rings. The minimum absolute atomic E-state index is 0.141. The lowest BCUT2D eigenvalue weighted by atomic mass is 9.75. The van der Waals surface area contributed by atoms with Crippen LogP contribution in [0.5, 0.6) is 0 Å². The second-order valence-electron chi connectivity index (χ2n) is 5.21. The molecule has 0 aliphatic carbocycles. The van der Waals surface area contributed by atoms with Gasteiger partial charge in [0.25, 0.3) is 0 Å². The molecule has 2 heterocycles. The van der Waals surface area contributed by atoms with Crippen molar-refractivity contribution in [2.24, 2.45) is 10.9 Å².